The van der Waals surface area contributed by atoms with E-state index >= 15 is 0 Å². The van der Waals surface area contributed by atoms with Crippen LogP contribution in [0.4, 0.5) is 4.79 Å². The highest BCUT2D eigenvalue weighted by Gasteiger charge is 1.97. The molecule has 0 spiro atoms. The van der Waals surface area contributed by atoms with Crippen LogP contribution in [0.25, 0.3) is 0 Å². The zero-order chi connectivity index (χ0) is 7.28. The largest absolute Gasteiger partial charge is 0.453 e. The Bertz CT molecular complexity index is 95.7. The summed E-state index contributed by atoms with van der Waals surface area (Å²) in [7, 11) is 1.36. The molecule has 0 bridgehead atoms. The lowest BCUT2D eigenvalue weighted by Crippen LogP contribution is -2.26. The molecule has 0 aromatic heterocycles. The average Bonchev–Trinajstić information content (AvgIpc) is 1.83. The van der Waals surface area contributed by atoms with Crippen LogP contribution < -0.4 is 5.32 Å². The van der Waals surface area contributed by atoms with Gasteiger partial charge >= 0.3 is 6.09 Å². The first-order chi connectivity index (χ1) is 4.16. The second-order valence-corrected chi connectivity index (χ2v) is 2.27. The van der Waals surface area contributed by atoms with Crippen LogP contribution in [0.1, 0.15) is 15.3 Å². The van der Waals surface area contributed by atoms with E-state index in [1.165, 1.54) is 7.11 Å². The molecule has 0 aromatic rings. The van der Waals surface area contributed by atoms with Gasteiger partial charge in [0, 0.05) is 7.97 Å². The molecule has 0 unspecified atom stereocenters. The third kappa shape index (κ3) is 5.14. The van der Waals surface area contributed by atoms with Crippen molar-refractivity contribution in [2.24, 2.45) is 5.92 Å². The molecule has 9 heavy (non-hydrogen) atoms. The normalized spacial score (nSPS) is 9.33. The van der Waals surface area contributed by atoms with Gasteiger partial charge in [0.05, 0.1) is 7.11 Å². The summed E-state index contributed by atoms with van der Waals surface area (Å²) >= 11 is 0. The van der Waals surface area contributed by atoms with E-state index in [4.69, 9.17) is 0 Å². The molecule has 0 heterocycles. The summed E-state index contributed by atoms with van der Waals surface area (Å²) in [5.41, 5.74) is 0. The number of ether oxygens (including phenoxy) is 1. The van der Waals surface area contributed by atoms with Gasteiger partial charge in [-0.3, -0.25) is 0 Å². The maximum Gasteiger partial charge on any atom is 0.406 e. The summed E-state index contributed by atoms with van der Waals surface area (Å²) in [6, 6.07) is 0. The molecule has 0 aliphatic heterocycles. The molecule has 3 nitrogen and oxygen atoms in total. The Morgan fingerprint density at radius 3 is 2.67 bits per heavy atom. The highest BCUT2D eigenvalue weighted by atomic mass is 16.5. The summed E-state index contributed by atoms with van der Waals surface area (Å²) in [5, 5.41) is 2.57. The van der Waals surface area contributed by atoms with Crippen molar-refractivity contribution in [1.82, 2.24) is 5.32 Å². The SMILES string of the molecule is COC(=O)NCC(C)C.[HH]. The Kier molecular flexibility index (Phi) is 3.84. The van der Waals surface area contributed by atoms with Crippen LogP contribution >= 0.6 is 0 Å². The Hall–Kier alpha value is -0.730. The minimum absolute atomic E-state index is 0. The minimum atomic E-state index is -0.358. The van der Waals surface area contributed by atoms with E-state index in [1.54, 1.807) is 0 Å². The maximum absolute atomic E-state index is 10.4. The third-order valence-corrected chi connectivity index (χ3v) is 0.840. The van der Waals surface area contributed by atoms with Gasteiger partial charge in [0.15, 0.2) is 0 Å². The lowest BCUT2D eigenvalue weighted by Gasteiger charge is -2.04. The number of alkyl carbamates (subject to hydrolysis) is 1. The van der Waals surface area contributed by atoms with Gasteiger partial charge in [-0.05, 0) is 5.92 Å². The van der Waals surface area contributed by atoms with E-state index in [0.29, 0.717) is 12.5 Å². The van der Waals surface area contributed by atoms with Crippen LogP contribution in [-0.2, 0) is 4.74 Å². The van der Waals surface area contributed by atoms with Crippen molar-refractivity contribution < 1.29 is 11.0 Å². The van der Waals surface area contributed by atoms with Crippen molar-refractivity contribution in [2.75, 3.05) is 13.7 Å². The Morgan fingerprint density at radius 2 is 2.33 bits per heavy atom. The topological polar surface area (TPSA) is 38.3 Å². The van der Waals surface area contributed by atoms with Crippen LogP contribution in [-0.4, -0.2) is 19.7 Å². The first-order valence-electron chi connectivity index (χ1n) is 2.98. The van der Waals surface area contributed by atoms with Gasteiger partial charge in [0.25, 0.3) is 0 Å². The highest BCUT2D eigenvalue weighted by molar-refractivity contribution is 5.66. The van der Waals surface area contributed by atoms with E-state index in [-0.39, 0.29) is 7.52 Å². The smallest absolute Gasteiger partial charge is 0.406 e. The molecular weight excluding hydrogens is 118 g/mol. The lowest BCUT2D eigenvalue weighted by atomic mass is 10.2. The summed E-state index contributed by atoms with van der Waals surface area (Å²) in [4.78, 5) is 10.4. The lowest BCUT2D eigenvalue weighted by molar-refractivity contribution is 0.169. The monoisotopic (exact) mass is 133 g/mol. The van der Waals surface area contributed by atoms with Gasteiger partial charge < -0.3 is 10.1 Å². The van der Waals surface area contributed by atoms with Crippen LogP contribution in [0, 0.1) is 5.92 Å². The first-order valence-corrected chi connectivity index (χ1v) is 2.98. The second-order valence-electron chi connectivity index (χ2n) is 2.27. The van der Waals surface area contributed by atoms with E-state index in [9.17, 15) is 4.79 Å². The Labute approximate surface area is 56.9 Å². The molecule has 0 fully saturated rings. The Morgan fingerprint density at radius 1 is 1.78 bits per heavy atom. The van der Waals surface area contributed by atoms with E-state index < -0.39 is 0 Å². The van der Waals surface area contributed by atoms with E-state index in [1.807, 2.05) is 13.8 Å². The molecule has 0 rings (SSSR count). The van der Waals surface area contributed by atoms with Gasteiger partial charge in [-0.15, -0.1) is 0 Å². The molecule has 0 saturated heterocycles. The molecule has 0 aliphatic rings. The van der Waals surface area contributed by atoms with Crippen molar-refractivity contribution >= 4 is 6.09 Å². The molecule has 0 aromatic carbocycles. The number of hydrogen-bond acceptors (Lipinski definition) is 2. The summed E-state index contributed by atoms with van der Waals surface area (Å²) in [5.74, 6) is 0.476. The number of methoxy groups -OCH3 is 1. The van der Waals surface area contributed by atoms with Crippen LogP contribution in [0.3, 0.4) is 0 Å². The standard InChI is InChI=1S/C6H13NO2.H2/c1-5(2)4-7-6(8)9-3;/h5H,4H2,1-3H3,(H,7,8);1H. The van der Waals surface area contributed by atoms with Gasteiger partial charge in [-0.2, -0.15) is 0 Å². The van der Waals surface area contributed by atoms with Gasteiger partial charge in [-0.1, -0.05) is 13.8 Å². The third-order valence-electron chi connectivity index (χ3n) is 0.840. The number of carbonyl (C=O) groups excluding carboxylic acids is 1. The first kappa shape index (κ1) is 8.27. The quantitative estimate of drug-likeness (QED) is 0.615. The maximum atomic E-state index is 10.4. The predicted octanol–water partition coefficient (Wildman–Crippen LogP) is 1.24. The summed E-state index contributed by atoms with van der Waals surface area (Å²) in [6.07, 6.45) is -0.358. The summed E-state index contributed by atoms with van der Waals surface area (Å²) in [6.45, 7) is 4.72. The number of rotatable bonds is 2. The fourth-order valence-electron chi connectivity index (χ4n) is 0.360. The van der Waals surface area contributed by atoms with Crippen LogP contribution in [0.2, 0.25) is 0 Å². The molecule has 0 aliphatic carbocycles. The fraction of sp³-hybridized carbons (Fsp3) is 0.833. The van der Waals surface area contributed by atoms with E-state index in [0.717, 1.165) is 0 Å². The fourth-order valence-corrected chi connectivity index (χ4v) is 0.360. The van der Waals surface area contributed by atoms with Crippen LogP contribution in [0.5, 0.6) is 0 Å². The Balaban J connectivity index is 0. The molecule has 1 amide bonds. The molecule has 0 saturated carbocycles. The zero-order valence-corrected chi connectivity index (χ0v) is 6.10. The van der Waals surface area contributed by atoms with Crippen molar-refractivity contribution in [1.29, 1.82) is 0 Å². The molecule has 0 atom stereocenters. The van der Waals surface area contributed by atoms with Crippen molar-refractivity contribution in [3.63, 3.8) is 0 Å². The van der Waals surface area contributed by atoms with Crippen molar-refractivity contribution in [3.05, 3.63) is 0 Å². The number of amides is 1. The predicted molar refractivity (Wildman–Crippen MR) is 37.4 cm³/mol. The van der Waals surface area contributed by atoms with Gasteiger partial charge in [0.1, 0.15) is 0 Å². The molecular formula is C6H15NO2. The minimum Gasteiger partial charge on any atom is -0.453 e. The molecule has 3 heteroatoms. The molecule has 1 N–H and O–H groups in total. The molecule has 56 valence electrons. The van der Waals surface area contributed by atoms with Gasteiger partial charge in [-0.25, -0.2) is 4.79 Å². The summed E-state index contributed by atoms with van der Waals surface area (Å²) < 4.78 is 4.35. The number of carbonyl (C=O) groups is 1. The number of nitrogens with one attached hydrogen (secondary N) is 1. The number of hydrogen-bond donors (Lipinski definition) is 1. The van der Waals surface area contributed by atoms with Crippen molar-refractivity contribution in [2.45, 2.75) is 13.8 Å². The second kappa shape index (κ2) is 4.18. The van der Waals surface area contributed by atoms with E-state index in [2.05, 4.69) is 10.1 Å². The van der Waals surface area contributed by atoms with Crippen LogP contribution in [0.15, 0.2) is 0 Å². The van der Waals surface area contributed by atoms with Crippen molar-refractivity contribution in [3.8, 4) is 0 Å². The highest BCUT2D eigenvalue weighted by Crippen LogP contribution is 1.86. The zero-order valence-electron chi connectivity index (χ0n) is 6.10. The van der Waals surface area contributed by atoms with Gasteiger partial charge in [0.2, 0.25) is 0 Å². The average molecular weight is 133 g/mol. The molecule has 0 radical (unpaired) electrons.